The summed E-state index contributed by atoms with van der Waals surface area (Å²) in [6.07, 6.45) is 8.74. The number of allylic oxidation sites excluding steroid dienone is 2. The Morgan fingerprint density at radius 3 is 1.41 bits per heavy atom. The topological polar surface area (TPSA) is 33.4 Å². The first kappa shape index (κ1) is 39.5. The molecular formula is C64H44N4. The Balaban J connectivity index is 1.01. The van der Waals surface area contributed by atoms with Gasteiger partial charge >= 0.3 is 0 Å². The van der Waals surface area contributed by atoms with Crippen LogP contribution < -0.4 is 4.90 Å². The molecule has 2 heterocycles. The van der Waals surface area contributed by atoms with Crippen LogP contribution in [0.5, 0.6) is 0 Å². The molecule has 0 N–H and O–H groups in total. The molecule has 0 saturated heterocycles. The van der Waals surface area contributed by atoms with Gasteiger partial charge in [-0.1, -0.05) is 206 Å². The Hall–Kier alpha value is -8.86. The van der Waals surface area contributed by atoms with Gasteiger partial charge in [0.15, 0.2) is 0 Å². The van der Waals surface area contributed by atoms with Gasteiger partial charge in [-0.05, 0) is 115 Å². The standard InChI is InChI=1S/C64H44N4/c1-5-17-43(18-6-1)49-37-39-53-55(41-49)61(45-29-33-47(34-30-45)63-65-57-25-13-15-27-59(57)67(63)51-21-9-3-10-22-51)54-40-38-50(44-19-7-2-8-20-44)42-56(54)62(53)46-31-35-48(36-32-46)64-66-58-26-14-16-28-60(58)68(64)52-23-11-4-12-24-52/h1-42,57,59H. The highest BCUT2D eigenvalue weighted by molar-refractivity contribution is 6.23. The number of fused-ring (bicyclic) bond motifs is 4. The first-order valence-corrected chi connectivity index (χ1v) is 23.4. The van der Waals surface area contributed by atoms with E-state index in [1.807, 2.05) is 0 Å². The highest BCUT2D eigenvalue weighted by Gasteiger charge is 2.35. The lowest BCUT2D eigenvalue weighted by molar-refractivity contribution is 0.739. The maximum Gasteiger partial charge on any atom is 0.145 e. The summed E-state index contributed by atoms with van der Waals surface area (Å²) in [4.78, 5) is 12.9. The van der Waals surface area contributed by atoms with E-state index in [0.717, 1.165) is 56.3 Å². The minimum atomic E-state index is 0.0600. The summed E-state index contributed by atoms with van der Waals surface area (Å²) in [5.41, 5.74) is 15.9. The first-order chi connectivity index (χ1) is 33.7. The molecule has 2 unspecified atom stereocenters. The number of hydrogen-bond donors (Lipinski definition) is 0. The van der Waals surface area contributed by atoms with Crippen LogP contribution in [0.25, 0.3) is 94.2 Å². The molecule has 2 aliphatic rings. The van der Waals surface area contributed by atoms with Crippen LogP contribution in [0, 0.1) is 0 Å². The van der Waals surface area contributed by atoms with E-state index in [-0.39, 0.29) is 12.1 Å². The van der Waals surface area contributed by atoms with Gasteiger partial charge in [-0.15, -0.1) is 0 Å². The van der Waals surface area contributed by atoms with Crippen molar-refractivity contribution >= 4 is 44.1 Å². The van der Waals surface area contributed by atoms with Crippen LogP contribution in [-0.4, -0.2) is 27.5 Å². The van der Waals surface area contributed by atoms with Crippen molar-refractivity contribution in [3.63, 3.8) is 0 Å². The average molecular weight is 869 g/mol. The molecule has 0 radical (unpaired) electrons. The van der Waals surface area contributed by atoms with Gasteiger partial charge in [-0.3, -0.25) is 9.56 Å². The highest BCUT2D eigenvalue weighted by Crippen LogP contribution is 2.47. The predicted octanol–water partition coefficient (Wildman–Crippen LogP) is 15.8. The van der Waals surface area contributed by atoms with Gasteiger partial charge < -0.3 is 4.90 Å². The third-order valence-corrected chi connectivity index (χ3v) is 13.7. The van der Waals surface area contributed by atoms with Crippen molar-refractivity contribution in [1.82, 2.24) is 9.55 Å². The van der Waals surface area contributed by atoms with Gasteiger partial charge in [0.05, 0.1) is 23.1 Å². The average Bonchev–Trinajstić information content (AvgIpc) is 4.01. The predicted molar refractivity (Wildman–Crippen MR) is 285 cm³/mol. The molecule has 11 aromatic rings. The van der Waals surface area contributed by atoms with Gasteiger partial charge in [0, 0.05) is 22.5 Å². The van der Waals surface area contributed by atoms with Crippen LogP contribution in [0.4, 0.5) is 5.69 Å². The maximum atomic E-state index is 5.33. The van der Waals surface area contributed by atoms with E-state index in [1.54, 1.807) is 0 Å². The second kappa shape index (κ2) is 16.5. The Kier molecular flexibility index (Phi) is 9.61. The SMILES string of the molecule is C1=CC2N=C(c3ccc(-c4c5ccc(-c6ccccc6)cc5c(-c5ccc(-c6nc7ccccc7n6-c6ccccc6)cc5)c5ccc(-c6ccccc6)cc45)cc3)N(c3ccccc3)C2C=C1. The van der Waals surface area contributed by atoms with E-state index in [2.05, 4.69) is 264 Å². The maximum absolute atomic E-state index is 5.33. The van der Waals surface area contributed by atoms with Gasteiger partial charge in [0.1, 0.15) is 11.7 Å². The first-order valence-electron chi connectivity index (χ1n) is 23.4. The number of hydrogen-bond acceptors (Lipinski definition) is 3. The number of rotatable bonds is 8. The zero-order valence-electron chi connectivity index (χ0n) is 37.2. The molecule has 1 aliphatic carbocycles. The lowest BCUT2D eigenvalue weighted by Crippen LogP contribution is -2.39. The molecule has 68 heavy (non-hydrogen) atoms. The van der Waals surface area contributed by atoms with Crippen molar-refractivity contribution in [2.45, 2.75) is 12.1 Å². The Bertz CT molecular complexity index is 3760. The third kappa shape index (κ3) is 6.77. The molecule has 10 aromatic carbocycles. The van der Waals surface area contributed by atoms with Crippen molar-refractivity contribution in [2.24, 2.45) is 4.99 Å². The quantitative estimate of drug-likeness (QED) is 0.143. The number of aliphatic imine (C=N–C) groups is 1. The van der Waals surface area contributed by atoms with E-state index < -0.39 is 0 Å². The van der Waals surface area contributed by atoms with Crippen molar-refractivity contribution in [3.8, 4) is 61.6 Å². The largest absolute Gasteiger partial charge is 0.317 e. The van der Waals surface area contributed by atoms with E-state index in [4.69, 9.17) is 9.98 Å². The molecule has 0 spiro atoms. The number of nitrogens with zero attached hydrogens (tertiary/aromatic N) is 4. The van der Waals surface area contributed by atoms with Gasteiger partial charge in [0.25, 0.3) is 0 Å². The molecule has 0 fully saturated rings. The van der Waals surface area contributed by atoms with E-state index in [9.17, 15) is 0 Å². The lowest BCUT2D eigenvalue weighted by atomic mass is 9.83. The van der Waals surface area contributed by atoms with Crippen LogP contribution in [0.15, 0.2) is 260 Å². The molecule has 0 saturated carbocycles. The smallest absolute Gasteiger partial charge is 0.145 e. The summed E-state index contributed by atoms with van der Waals surface area (Å²) in [5, 5.41) is 4.80. The normalized spacial score (nSPS) is 15.3. The molecule has 0 amide bonds. The number of aromatic nitrogens is 2. The van der Waals surface area contributed by atoms with Crippen LogP contribution >= 0.6 is 0 Å². The van der Waals surface area contributed by atoms with Gasteiger partial charge in [-0.25, -0.2) is 4.98 Å². The van der Waals surface area contributed by atoms with E-state index in [0.29, 0.717) is 0 Å². The summed E-state index contributed by atoms with van der Waals surface area (Å²) in [6.45, 7) is 0. The fraction of sp³-hybridized carbons (Fsp3) is 0.0312. The third-order valence-electron chi connectivity index (χ3n) is 13.7. The molecule has 2 atom stereocenters. The molecule has 0 bridgehead atoms. The second-order valence-electron chi connectivity index (χ2n) is 17.7. The zero-order valence-corrected chi connectivity index (χ0v) is 37.2. The molecular weight excluding hydrogens is 825 g/mol. The minimum absolute atomic E-state index is 0.0600. The second-order valence-corrected chi connectivity index (χ2v) is 17.7. The van der Waals surface area contributed by atoms with E-state index in [1.165, 1.54) is 54.9 Å². The molecule has 4 nitrogen and oxygen atoms in total. The summed E-state index contributed by atoms with van der Waals surface area (Å²) in [7, 11) is 0. The van der Waals surface area contributed by atoms with Crippen LogP contribution in [-0.2, 0) is 0 Å². The summed E-state index contributed by atoms with van der Waals surface area (Å²) >= 11 is 0. The van der Waals surface area contributed by atoms with Crippen LogP contribution in [0.1, 0.15) is 5.56 Å². The summed E-state index contributed by atoms with van der Waals surface area (Å²) < 4.78 is 2.27. The van der Waals surface area contributed by atoms with Crippen molar-refractivity contribution in [2.75, 3.05) is 4.90 Å². The molecule has 320 valence electrons. The van der Waals surface area contributed by atoms with Crippen molar-refractivity contribution < 1.29 is 0 Å². The Morgan fingerprint density at radius 2 is 0.824 bits per heavy atom. The zero-order chi connectivity index (χ0) is 45.0. The van der Waals surface area contributed by atoms with Gasteiger partial charge in [-0.2, -0.15) is 0 Å². The number of anilines is 1. The molecule has 1 aliphatic heterocycles. The number of benzene rings is 10. The molecule has 4 heteroatoms. The fourth-order valence-corrected chi connectivity index (χ4v) is 10.5. The van der Waals surface area contributed by atoms with Gasteiger partial charge in [0.2, 0.25) is 0 Å². The van der Waals surface area contributed by atoms with Crippen molar-refractivity contribution in [3.05, 3.63) is 260 Å². The number of amidine groups is 1. The number of imidazole rings is 1. The Labute approximate surface area is 395 Å². The lowest BCUT2D eigenvalue weighted by Gasteiger charge is -2.29. The molecule has 1 aromatic heterocycles. The van der Waals surface area contributed by atoms with Crippen LogP contribution in [0.2, 0.25) is 0 Å². The Morgan fingerprint density at radius 1 is 0.353 bits per heavy atom. The highest BCUT2D eigenvalue weighted by atomic mass is 15.3. The monoisotopic (exact) mass is 868 g/mol. The fourth-order valence-electron chi connectivity index (χ4n) is 10.5. The molecule has 13 rings (SSSR count). The number of para-hydroxylation sites is 4. The van der Waals surface area contributed by atoms with E-state index >= 15 is 0 Å². The van der Waals surface area contributed by atoms with Crippen LogP contribution in [0.3, 0.4) is 0 Å². The van der Waals surface area contributed by atoms with Crippen molar-refractivity contribution in [1.29, 1.82) is 0 Å². The summed E-state index contributed by atoms with van der Waals surface area (Å²) in [5.74, 6) is 1.90. The minimum Gasteiger partial charge on any atom is -0.317 e. The summed E-state index contributed by atoms with van der Waals surface area (Å²) in [6, 6.07) is 83.5.